The molecule has 0 unspecified atom stereocenters. The Balaban J connectivity index is 2.65. The lowest BCUT2D eigenvalue weighted by molar-refractivity contribution is -0.146. The second kappa shape index (κ2) is 6.70. The summed E-state index contributed by atoms with van der Waals surface area (Å²) < 4.78 is 50.1. The zero-order valence-electron chi connectivity index (χ0n) is 10.1. The lowest BCUT2D eigenvalue weighted by Gasteiger charge is -2.23. The number of rotatable bonds is 6. The van der Waals surface area contributed by atoms with Gasteiger partial charge in [0.15, 0.2) is 0 Å². The standard InChI is InChI=1S/C12H16F4N2/c1-17-5-6-18(9-12(14,15)16)8-10-3-2-4-11(13)7-10/h2-4,7,17H,5-6,8-9H2,1H3. The van der Waals surface area contributed by atoms with E-state index in [2.05, 4.69) is 5.32 Å². The molecule has 0 aliphatic rings. The maximum absolute atomic E-state index is 13.0. The molecule has 1 aromatic carbocycles. The molecular formula is C12H16F4N2. The summed E-state index contributed by atoms with van der Waals surface area (Å²) in [6.45, 7) is -0.206. The summed E-state index contributed by atoms with van der Waals surface area (Å²) >= 11 is 0. The van der Waals surface area contributed by atoms with Gasteiger partial charge in [-0.25, -0.2) is 4.39 Å². The Kier molecular flexibility index (Phi) is 5.55. The van der Waals surface area contributed by atoms with Crippen molar-refractivity contribution in [2.45, 2.75) is 12.7 Å². The van der Waals surface area contributed by atoms with Crippen LogP contribution in [0.2, 0.25) is 0 Å². The van der Waals surface area contributed by atoms with Crippen LogP contribution in [0.3, 0.4) is 0 Å². The Hall–Kier alpha value is -1.14. The van der Waals surface area contributed by atoms with Gasteiger partial charge in [0.1, 0.15) is 5.82 Å². The summed E-state index contributed by atoms with van der Waals surface area (Å²) in [5, 5.41) is 2.80. The second-order valence-corrected chi connectivity index (χ2v) is 4.06. The number of nitrogens with zero attached hydrogens (tertiary/aromatic N) is 1. The first-order valence-corrected chi connectivity index (χ1v) is 5.59. The molecule has 0 amide bonds. The molecule has 1 aromatic rings. The molecule has 0 atom stereocenters. The summed E-state index contributed by atoms with van der Waals surface area (Å²) in [5.41, 5.74) is 0.537. The maximum Gasteiger partial charge on any atom is 0.401 e. The van der Waals surface area contributed by atoms with E-state index in [4.69, 9.17) is 0 Å². The predicted octanol–water partition coefficient (Wildman–Crippen LogP) is 2.41. The molecule has 0 saturated carbocycles. The summed E-state index contributed by atoms with van der Waals surface area (Å²) in [7, 11) is 1.67. The quantitative estimate of drug-likeness (QED) is 0.794. The first kappa shape index (κ1) is 14.9. The van der Waals surface area contributed by atoms with Gasteiger partial charge in [-0.1, -0.05) is 12.1 Å². The lowest BCUT2D eigenvalue weighted by Crippen LogP contribution is -2.37. The first-order chi connectivity index (χ1) is 8.40. The van der Waals surface area contributed by atoms with Crippen LogP contribution in [0.4, 0.5) is 17.6 Å². The largest absolute Gasteiger partial charge is 0.401 e. The van der Waals surface area contributed by atoms with Crippen molar-refractivity contribution in [2.75, 3.05) is 26.7 Å². The van der Waals surface area contributed by atoms with E-state index in [1.165, 1.54) is 23.1 Å². The fraction of sp³-hybridized carbons (Fsp3) is 0.500. The smallest absolute Gasteiger partial charge is 0.318 e. The highest BCUT2D eigenvalue weighted by Crippen LogP contribution is 2.18. The zero-order valence-corrected chi connectivity index (χ0v) is 10.1. The van der Waals surface area contributed by atoms with Crippen molar-refractivity contribution in [3.05, 3.63) is 35.6 Å². The number of halogens is 4. The summed E-state index contributed by atoms with van der Waals surface area (Å²) in [4.78, 5) is 1.24. The Morgan fingerprint density at radius 1 is 1.28 bits per heavy atom. The zero-order chi connectivity index (χ0) is 13.6. The summed E-state index contributed by atoms with van der Waals surface area (Å²) in [6.07, 6.45) is -4.25. The van der Waals surface area contributed by atoms with Crippen molar-refractivity contribution < 1.29 is 17.6 Å². The van der Waals surface area contributed by atoms with Crippen molar-refractivity contribution in [3.63, 3.8) is 0 Å². The van der Waals surface area contributed by atoms with Crippen molar-refractivity contribution in [3.8, 4) is 0 Å². The highest BCUT2D eigenvalue weighted by molar-refractivity contribution is 5.16. The molecule has 1 N–H and O–H groups in total. The third kappa shape index (κ3) is 5.97. The second-order valence-electron chi connectivity index (χ2n) is 4.06. The molecule has 18 heavy (non-hydrogen) atoms. The number of alkyl halides is 3. The SMILES string of the molecule is CNCCN(Cc1cccc(F)c1)CC(F)(F)F. The fourth-order valence-corrected chi connectivity index (χ4v) is 1.63. The van der Waals surface area contributed by atoms with Gasteiger partial charge < -0.3 is 5.32 Å². The number of hydrogen-bond acceptors (Lipinski definition) is 2. The molecule has 0 aliphatic carbocycles. The van der Waals surface area contributed by atoms with Crippen LogP contribution in [0.25, 0.3) is 0 Å². The van der Waals surface area contributed by atoms with Gasteiger partial charge in [0, 0.05) is 19.6 Å². The predicted molar refractivity (Wildman–Crippen MR) is 61.7 cm³/mol. The van der Waals surface area contributed by atoms with Crippen molar-refractivity contribution in [2.24, 2.45) is 0 Å². The minimum absolute atomic E-state index is 0.0823. The van der Waals surface area contributed by atoms with Gasteiger partial charge in [-0.05, 0) is 24.7 Å². The molecule has 0 spiro atoms. The van der Waals surface area contributed by atoms with E-state index in [-0.39, 0.29) is 13.1 Å². The van der Waals surface area contributed by atoms with Gasteiger partial charge in [-0.2, -0.15) is 13.2 Å². The average molecular weight is 264 g/mol. The van der Waals surface area contributed by atoms with E-state index >= 15 is 0 Å². The molecule has 0 heterocycles. The average Bonchev–Trinajstić information content (AvgIpc) is 2.24. The van der Waals surface area contributed by atoms with Gasteiger partial charge in [-0.15, -0.1) is 0 Å². The molecule has 2 nitrogen and oxygen atoms in total. The first-order valence-electron chi connectivity index (χ1n) is 5.59. The van der Waals surface area contributed by atoms with Crippen molar-refractivity contribution >= 4 is 0 Å². The van der Waals surface area contributed by atoms with E-state index in [0.717, 1.165) is 0 Å². The minimum Gasteiger partial charge on any atom is -0.318 e. The number of benzene rings is 1. The van der Waals surface area contributed by atoms with Gasteiger partial charge in [0.05, 0.1) is 6.54 Å². The fourth-order valence-electron chi connectivity index (χ4n) is 1.63. The van der Waals surface area contributed by atoms with Gasteiger partial charge in [0.25, 0.3) is 0 Å². The molecular weight excluding hydrogens is 248 g/mol. The number of nitrogens with one attached hydrogen (secondary N) is 1. The molecule has 1 rings (SSSR count). The van der Waals surface area contributed by atoms with E-state index in [9.17, 15) is 17.6 Å². The molecule has 102 valence electrons. The third-order valence-electron chi connectivity index (χ3n) is 2.38. The van der Waals surface area contributed by atoms with Crippen LogP contribution < -0.4 is 5.32 Å². The summed E-state index contributed by atoms with van der Waals surface area (Å²) in [5.74, 6) is -0.437. The molecule has 0 fully saturated rings. The van der Waals surface area contributed by atoms with Crippen LogP contribution in [-0.4, -0.2) is 37.8 Å². The van der Waals surface area contributed by atoms with Crippen LogP contribution in [0, 0.1) is 5.82 Å². The van der Waals surface area contributed by atoms with Crippen LogP contribution in [-0.2, 0) is 6.54 Å². The van der Waals surface area contributed by atoms with Crippen molar-refractivity contribution in [1.29, 1.82) is 0 Å². The number of hydrogen-bond donors (Lipinski definition) is 1. The Morgan fingerprint density at radius 3 is 2.56 bits per heavy atom. The Morgan fingerprint density at radius 2 is 2.00 bits per heavy atom. The molecule has 6 heteroatoms. The minimum atomic E-state index is -4.25. The van der Waals surface area contributed by atoms with Gasteiger partial charge in [0.2, 0.25) is 0 Å². The van der Waals surface area contributed by atoms with Crippen LogP contribution in [0.1, 0.15) is 5.56 Å². The molecule has 0 aromatic heterocycles. The highest BCUT2D eigenvalue weighted by atomic mass is 19.4. The Bertz CT molecular complexity index is 365. The Labute approximate surface area is 104 Å². The van der Waals surface area contributed by atoms with Crippen LogP contribution >= 0.6 is 0 Å². The van der Waals surface area contributed by atoms with Crippen LogP contribution in [0.5, 0.6) is 0 Å². The van der Waals surface area contributed by atoms with E-state index in [1.54, 1.807) is 13.1 Å². The molecule has 0 aliphatic heterocycles. The third-order valence-corrected chi connectivity index (χ3v) is 2.38. The molecule has 0 saturated heterocycles. The highest BCUT2D eigenvalue weighted by Gasteiger charge is 2.30. The van der Waals surface area contributed by atoms with Crippen molar-refractivity contribution in [1.82, 2.24) is 10.2 Å². The van der Waals surface area contributed by atoms with E-state index < -0.39 is 18.5 Å². The topological polar surface area (TPSA) is 15.3 Å². The maximum atomic E-state index is 13.0. The normalized spacial score (nSPS) is 12.1. The summed E-state index contributed by atoms with van der Waals surface area (Å²) in [6, 6.07) is 5.63. The van der Waals surface area contributed by atoms with Gasteiger partial charge in [-0.3, -0.25) is 4.90 Å². The molecule has 0 radical (unpaired) electrons. The molecule has 0 bridgehead atoms. The monoisotopic (exact) mass is 264 g/mol. The number of likely N-dealkylation sites (N-methyl/N-ethyl adjacent to an activating group) is 1. The lowest BCUT2D eigenvalue weighted by atomic mass is 10.2. The van der Waals surface area contributed by atoms with E-state index in [1.807, 2.05) is 0 Å². The van der Waals surface area contributed by atoms with Gasteiger partial charge >= 0.3 is 6.18 Å². The van der Waals surface area contributed by atoms with Crippen LogP contribution in [0.15, 0.2) is 24.3 Å². The van der Waals surface area contributed by atoms with E-state index in [0.29, 0.717) is 12.1 Å².